The molecule has 144 valence electrons. The standard InChI is InChI=1S/C17H20F3NO5/c1-4-10(2)14(16(24)25-3)21-13(22)9-26-15(23)11-6-5-7-12(8-11)17(18,19)20/h5-8,10,14H,4,9H2,1-3H3,(H,21,22)/t10-,14-/m0/s1. The van der Waals surface area contributed by atoms with Crippen LogP contribution in [-0.4, -0.2) is 37.6 Å². The van der Waals surface area contributed by atoms with Gasteiger partial charge < -0.3 is 14.8 Å². The molecule has 2 atom stereocenters. The maximum absolute atomic E-state index is 12.6. The predicted octanol–water partition coefficient (Wildman–Crippen LogP) is 2.57. The van der Waals surface area contributed by atoms with Gasteiger partial charge in [-0.15, -0.1) is 0 Å². The minimum atomic E-state index is -4.60. The third-order valence-corrected chi connectivity index (χ3v) is 3.74. The van der Waals surface area contributed by atoms with Gasteiger partial charge in [-0.1, -0.05) is 26.3 Å². The number of nitrogens with one attached hydrogen (secondary N) is 1. The van der Waals surface area contributed by atoms with Crippen LogP contribution < -0.4 is 5.32 Å². The Balaban J connectivity index is 2.69. The molecule has 0 unspecified atom stereocenters. The molecule has 0 aromatic heterocycles. The van der Waals surface area contributed by atoms with Gasteiger partial charge in [-0.2, -0.15) is 13.2 Å². The number of amides is 1. The van der Waals surface area contributed by atoms with Crippen LogP contribution in [0.15, 0.2) is 24.3 Å². The molecule has 0 aliphatic heterocycles. The van der Waals surface area contributed by atoms with E-state index in [1.54, 1.807) is 6.92 Å². The van der Waals surface area contributed by atoms with Gasteiger partial charge in [-0.25, -0.2) is 9.59 Å². The molecule has 0 saturated heterocycles. The van der Waals surface area contributed by atoms with Crippen molar-refractivity contribution in [3.63, 3.8) is 0 Å². The van der Waals surface area contributed by atoms with Crippen molar-refractivity contribution < 1.29 is 37.0 Å². The highest BCUT2D eigenvalue weighted by Crippen LogP contribution is 2.29. The van der Waals surface area contributed by atoms with E-state index < -0.39 is 42.2 Å². The summed E-state index contributed by atoms with van der Waals surface area (Å²) in [5.41, 5.74) is -1.34. The summed E-state index contributed by atoms with van der Waals surface area (Å²) < 4.78 is 47.3. The highest BCUT2D eigenvalue weighted by molar-refractivity contribution is 5.92. The number of carbonyl (C=O) groups excluding carboxylic acids is 3. The number of hydrogen-bond donors (Lipinski definition) is 1. The number of ether oxygens (including phenoxy) is 2. The Labute approximate surface area is 148 Å². The fourth-order valence-corrected chi connectivity index (χ4v) is 2.05. The van der Waals surface area contributed by atoms with E-state index in [1.165, 1.54) is 7.11 Å². The topological polar surface area (TPSA) is 81.7 Å². The second kappa shape index (κ2) is 9.21. The Bertz CT molecular complexity index is 660. The first kappa shape index (κ1) is 21.5. The van der Waals surface area contributed by atoms with Gasteiger partial charge in [0.1, 0.15) is 6.04 Å². The van der Waals surface area contributed by atoms with Crippen molar-refractivity contribution in [2.45, 2.75) is 32.5 Å². The summed E-state index contributed by atoms with van der Waals surface area (Å²) in [4.78, 5) is 35.4. The van der Waals surface area contributed by atoms with Gasteiger partial charge in [-0.05, 0) is 24.1 Å². The van der Waals surface area contributed by atoms with Gasteiger partial charge in [0.05, 0.1) is 18.2 Å². The van der Waals surface area contributed by atoms with Gasteiger partial charge in [0.25, 0.3) is 5.91 Å². The Morgan fingerprint density at radius 2 is 1.88 bits per heavy atom. The summed E-state index contributed by atoms with van der Waals surface area (Å²) in [6.07, 6.45) is -4.01. The Morgan fingerprint density at radius 3 is 2.42 bits per heavy atom. The largest absolute Gasteiger partial charge is 0.467 e. The van der Waals surface area contributed by atoms with E-state index in [1.807, 2.05) is 6.92 Å². The Kier molecular flexibility index (Phi) is 7.60. The summed E-state index contributed by atoms with van der Waals surface area (Å²) in [6, 6.07) is 2.75. The molecule has 6 nitrogen and oxygen atoms in total. The number of alkyl halides is 3. The van der Waals surface area contributed by atoms with E-state index in [0.29, 0.717) is 12.5 Å². The Hall–Kier alpha value is -2.58. The first-order chi connectivity index (χ1) is 12.1. The molecule has 1 rings (SSSR count). The lowest BCUT2D eigenvalue weighted by Crippen LogP contribution is -2.47. The predicted molar refractivity (Wildman–Crippen MR) is 85.1 cm³/mol. The molecule has 1 N–H and O–H groups in total. The molecular weight excluding hydrogens is 355 g/mol. The molecular formula is C17H20F3NO5. The summed E-state index contributed by atoms with van der Waals surface area (Å²) in [5.74, 6) is -2.70. The molecule has 26 heavy (non-hydrogen) atoms. The second-order valence-corrected chi connectivity index (χ2v) is 5.61. The molecule has 0 heterocycles. The van der Waals surface area contributed by atoms with Crippen molar-refractivity contribution in [2.75, 3.05) is 13.7 Å². The lowest BCUT2D eigenvalue weighted by Gasteiger charge is -2.21. The van der Waals surface area contributed by atoms with E-state index in [0.717, 1.165) is 18.2 Å². The summed E-state index contributed by atoms with van der Waals surface area (Å²) in [6.45, 7) is 2.82. The van der Waals surface area contributed by atoms with E-state index in [-0.39, 0.29) is 11.5 Å². The maximum Gasteiger partial charge on any atom is 0.416 e. The number of halogens is 3. The number of rotatable bonds is 7. The van der Waals surface area contributed by atoms with Gasteiger partial charge in [-0.3, -0.25) is 4.79 Å². The number of hydrogen-bond acceptors (Lipinski definition) is 5. The Morgan fingerprint density at radius 1 is 1.23 bits per heavy atom. The van der Waals surface area contributed by atoms with Crippen LogP contribution in [0.2, 0.25) is 0 Å². The van der Waals surface area contributed by atoms with Crippen LogP contribution in [0.1, 0.15) is 36.2 Å². The molecule has 1 amide bonds. The molecule has 0 spiro atoms. The van der Waals surface area contributed by atoms with Crippen molar-refractivity contribution in [1.82, 2.24) is 5.32 Å². The minimum Gasteiger partial charge on any atom is -0.467 e. The monoisotopic (exact) mass is 375 g/mol. The van der Waals surface area contributed by atoms with E-state index in [9.17, 15) is 27.6 Å². The summed E-state index contributed by atoms with van der Waals surface area (Å²) >= 11 is 0. The van der Waals surface area contributed by atoms with Gasteiger partial charge in [0, 0.05) is 0 Å². The van der Waals surface area contributed by atoms with Gasteiger partial charge >= 0.3 is 18.1 Å². The SMILES string of the molecule is CC[C@H](C)[C@H](NC(=O)COC(=O)c1cccc(C(F)(F)F)c1)C(=O)OC. The minimum absolute atomic E-state index is 0.217. The zero-order valence-corrected chi connectivity index (χ0v) is 14.6. The second-order valence-electron chi connectivity index (χ2n) is 5.61. The van der Waals surface area contributed by atoms with Crippen molar-refractivity contribution in [2.24, 2.45) is 5.92 Å². The van der Waals surface area contributed by atoms with Crippen molar-refractivity contribution in [1.29, 1.82) is 0 Å². The normalized spacial score (nSPS) is 13.5. The van der Waals surface area contributed by atoms with Crippen molar-refractivity contribution in [3.8, 4) is 0 Å². The number of methoxy groups -OCH3 is 1. The van der Waals surface area contributed by atoms with Crippen LogP contribution in [0.3, 0.4) is 0 Å². The third kappa shape index (κ3) is 6.05. The summed E-state index contributed by atoms with van der Waals surface area (Å²) in [7, 11) is 1.18. The quantitative estimate of drug-likeness (QED) is 0.741. The fraction of sp³-hybridized carbons (Fsp3) is 0.471. The first-order valence-electron chi connectivity index (χ1n) is 7.81. The molecule has 0 bridgehead atoms. The van der Waals surface area contributed by atoms with Crippen LogP contribution in [-0.2, 0) is 25.2 Å². The molecule has 1 aromatic rings. The van der Waals surface area contributed by atoms with Crippen LogP contribution in [0, 0.1) is 5.92 Å². The van der Waals surface area contributed by atoms with Crippen LogP contribution in [0.25, 0.3) is 0 Å². The summed E-state index contributed by atoms with van der Waals surface area (Å²) in [5, 5.41) is 2.39. The average molecular weight is 375 g/mol. The first-order valence-corrected chi connectivity index (χ1v) is 7.81. The molecule has 0 fully saturated rings. The maximum atomic E-state index is 12.6. The zero-order chi connectivity index (χ0) is 19.9. The van der Waals surface area contributed by atoms with Crippen LogP contribution in [0.5, 0.6) is 0 Å². The third-order valence-electron chi connectivity index (χ3n) is 3.74. The van der Waals surface area contributed by atoms with Gasteiger partial charge in [0.2, 0.25) is 0 Å². The number of esters is 2. The van der Waals surface area contributed by atoms with Crippen molar-refractivity contribution >= 4 is 17.8 Å². The molecule has 0 aliphatic rings. The highest BCUT2D eigenvalue weighted by atomic mass is 19.4. The van der Waals surface area contributed by atoms with E-state index in [4.69, 9.17) is 4.74 Å². The molecule has 0 aliphatic carbocycles. The van der Waals surface area contributed by atoms with Gasteiger partial charge in [0.15, 0.2) is 6.61 Å². The number of benzene rings is 1. The number of carbonyl (C=O) groups is 3. The average Bonchev–Trinajstić information content (AvgIpc) is 2.62. The van der Waals surface area contributed by atoms with E-state index >= 15 is 0 Å². The molecule has 0 radical (unpaired) electrons. The van der Waals surface area contributed by atoms with E-state index in [2.05, 4.69) is 10.1 Å². The zero-order valence-electron chi connectivity index (χ0n) is 14.6. The highest BCUT2D eigenvalue weighted by Gasteiger charge is 2.31. The lowest BCUT2D eigenvalue weighted by atomic mass is 9.99. The van der Waals surface area contributed by atoms with Crippen molar-refractivity contribution in [3.05, 3.63) is 35.4 Å². The molecule has 1 aromatic carbocycles. The lowest BCUT2D eigenvalue weighted by molar-refractivity contribution is -0.147. The fourth-order valence-electron chi connectivity index (χ4n) is 2.05. The van der Waals surface area contributed by atoms with Crippen LogP contribution in [0.4, 0.5) is 13.2 Å². The van der Waals surface area contributed by atoms with Crippen LogP contribution >= 0.6 is 0 Å². The molecule has 0 saturated carbocycles. The molecule has 9 heteroatoms. The smallest absolute Gasteiger partial charge is 0.416 e.